The molecule has 5 heteroatoms. The average molecular weight is 248 g/mol. The Kier molecular flexibility index (Phi) is 4.39. The summed E-state index contributed by atoms with van der Waals surface area (Å²) in [7, 11) is 2.98. The van der Waals surface area contributed by atoms with Gasteiger partial charge in [0, 0.05) is 5.56 Å². The highest BCUT2D eigenvalue weighted by atomic mass is 35.5. The van der Waals surface area contributed by atoms with Gasteiger partial charge in [0.05, 0.1) is 17.2 Å². The summed E-state index contributed by atoms with van der Waals surface area (Å²) in [6.07, 6.45) is 0. The van der Waals surface area contributed by atoms with Gasteiger partial charge in [-0.15, -0.1) is 0 Å². The second kappa shape index (κ2) is 5.35. The van der Waals surface area contributed by atoms with E-state index in [2.05, 4.69) is 10.1 Å². The maximum Gasteiger partial charge on any atom is 0.327 e. The monoisotopic (exact) mass is 247 g/mol. The van der Waals surface area contributed by atoms with Crippen LogP contribution in [0.15, 0.2) is 18.2 Å². The molecule has 1 N–H and O–H groups in total. The van der Waals surface area contributed by atoms with Crippen molar-refractivity contribution in [2.24, 2.45) is 0 Å². The highest BCUT2D eigenvalue weighted by Crippen LogP contribution is 2.30. The lowest BCUT2D eigenvalue weighted by Crippen LogP contribution is -2.26. The van der Waals surface area contributed by atoms with E-state index in [1.165, 1.54) is 7.11 Å². The van der Waals surface area contributed by atoms with Gasteiger partial charge in [-0.3, -0.25) is 0 Å². The standard InChI is InChI=1S/C10H11Cl2NO2/c1-13-9(10(14)15-2)6-4-3-5-7(11)8(6)12/h3-5,9,13H,1-2H3/t9-/m1/s1. The zero-order chi connectivity index (χ0) is 11.4. The van der Waals surface area contributed by atoms with Crippen LogP contribution in [0.25, 0.3) is 0 Å². The van der Waals surface area contributed by atoms with Crippen LogP contribution in [0.2, 0.25) is 10.0 Å². The molecule has 0 spiro atoms. The Morgan fingerprint density at radius 1 is 1.47 bits per heavy atom. The van der Waals surface area contributed by atoms with Crippen molar-refractivity contribution < 1.29 is 9.53 Å². The lowest BCUT2D eigenvalue weighted by molar-refractivity contribution is -0.143. The summed E-state index contributed by atoms with van der Waals surface area (Å²) in [6.45, 7) is 0. The van der Waals surface area contributed by atoms with Gasteiger partial charge in [-0.2, -0.15) is 0 Å². The lowest BCUT2D eigenvalue weighted by atomic mass is 10.1. The van der Waals surface area contributed by atoms with E-state index in [0.29, 0.717) is 15.6 Å². The van der Waals surface area contributed by atoms with Crippen molar-refractivity contribution in [3.05, 3.63) is 33.8 Å². The van der Waals surface area contributed by atoms with Crippen molar-refractivity contribution >= 4 is 29.2 Å². The molecule has 1 atom stereocenters. The Morgan fingerprint density at radius 2 is 2.13 bits per heavy atom. The molecule has 0 aromatic heterocycles. The number of esters is 1. The van der Waals surface area contributed by atoms with Crippen LogP contribution in [0.5, 0.6) is 0 Å². The SMILES string of the molecule is CN[C@@H](C(=O)OC)c1cccc(Cl)c1Cl. The van der Waals surface area contributed by atoms with Crippen molar-refractivity contribution in [3.63, 3.8) is 0 Å². The summed E-state index contributed by atoms with van der Waals surface area (Å²) in [5.41, 5.74) is 0.610. The molecule has 1 aromatic carbocycles. The molecule has 1 aromatic rings. The second-order valence-corrected chi connectivity index (χ2v) is 3.67. The second-order valence-electron chi connectivity index (χ2n) is 2.89. The van der Waals surface area contributed by atoms with E-state index >= 15 is 0 Å². The number of nitrogens with one attached hydrogen (secondary N) is 1. The highest BCUT2D eigenvalue weighted by molar-refractivity contribution is 6.42. The van der Waals surface area contributed by atoms with Gasteiger partial charge in [0.15, 0.2) is 0 Å². The first-order valence-corrected chi connectivity index (χ1v) is 5.06. The zero-order valence-corrected chi connectivity index (χ0v) is 9.89. The topological polar surface area (TPSA) is 38.3 Å². The molecule has 0 aliphatic carbocycles. The third kappa shape index (κ3) is 2.62. The van der Waals surface area contributed by atoms with Crippen molar-refractivity contribution in [1.82, 2.24) is 5.32 Å². The van der Waals surface area contributed by atoms with Crippen LogP contribution in [0.1, 0.15) is 11.6 Å². The molecule has 0 aliphatic heterocycles. The summed E-state index contributed by atoms with van der Waals surface area (Å²) in [5, 5.41) is 3.60. The maximum atomic E-state index is 11.4. The summed E-state index contributed by atoms with van der Waals surface area (Å²) in [4.78, 5) is 11.4. The van der Waals surface area contributed by atoms with Crippen LogP contribution >= 0.6 is 23.2 Å². The van der Waals surface area contributed by atoms with E-state index in [1.807, 2.05) is 0 Å². The first-order chi connectivity index (χ1) is 7.11. The van der Waals surface area contributed by atoms with Crippen molar-refractivity contribution in [3.8, 4) is 0 Å². The molecule has 15 heavy (non-hydrogen) atoms. The number of halogens is 2. The fourth-order valence-corrected chi connectivity index (χ4v) is 1.68. The van der Waals surface area contributed by atoms with Gasteiger partial charge in [0.2, 0.25) is 0 Å². The summed E-state index contributed by atoms with van der Waals surface area (Å²) in [6, 6.07) is 4.53. The summed E-state index contributed by atoms with van der Waals surface area (Å²) >= 11 is 11.8. The minimum Gasteiger partial charge on any atom is -0.468 e. The Morgan fingerprint density at radius 3 is 2.67 bits per heavy atom. The average Bonchev–Trinajstić information content (AvgIpc) is 2.24. The van der Waals surface area contributed by atoms with Gasteiger partial charge in [-0.1, -0.05) is 35.3 Å². The molecule has 0 heterocycles. The largest absolute Gasteiger partial charge is 0.468 e. The van der Waals surface area contributed by atoms with Gasteiger partial charge in [-0.25, -0.2) is 4.79 Å². The van der Waals surface area contributed by atoms with Crippen LogP contribution in [0.3, 0.4) is 0 Å². The lowest BCUT2D eigenvalue weighted by Gasteiger charge is -2.15. The van der Waals surface area contributed by atoms with E-state index < -0.39 is 12.0 Å². The first-order valence-electron chi connectivity index (χ1n) is 4.30. The quantitative estimate of drug-likeness (QED) is 0.835. The molecule has 82 valence electrons. The van der Waals surface area contributed by atoms with Crippen LogP contribution < -0.4 is 5.32 Å². The van der Waals surface area contributed by atoms with Gasteiger partial charge in [0.25, 0.3) is 0 Å². The van der Waals surface area contributed by atoms with Crippen LogP contribution in [-0.4, -0.2) is 20.1 Å². The molecule has 0 radical (unpaired) electrons. The smallest absolute Gasteiger partial charge is 0.327 e. The summed E-state index contributed by atoms with van der Waals surface area (Å²) < 4.78 is 4.65. The molecule has 0 amide bonds. The number of rotatable bonds is 3. The fourth-order valence-electron chi connectivity index (χ4n) is 1.26. The van der Waals surface area contributed by atoms with Gasteiger partial charge >= 0.3 is 5.97 Å². The number of methoxy groups -OCH3 is 1. The van der Waals surface area contributed by atoms with Crippen LogP contribution in [0.4, 0.5) is 0 Å². The Bertz CT molecular complexity index is 368. The molecule has 1 rings (SSSR count). The minimum atomic E-state index is -0.596. The number of carbonyl (C=O) groups excluding carboxylic acids is 1. The van der Waals surface area contributed by atoms with Crippen molar-refractivity contribution in [2.75, 3.05) is 14.2 Å². The first kappa shape index (κ1) is 12.3. The predicted octanol–water partition coefficient (Wildman–Crippen LogP) is 2.43. The molecular weight excluding hydrogens is 237 g/mol. The third-order valence-electron chi connectivity index (χ3n) is 2.02. The molecule has 0 fully saturated rings. The van der Waals surface area contributed by atoms with Gasteiger partial charge in [0.1, 0.15) is 6.04 Å². The molecule has 0 aliphatic rings. The van der Waals surface area contributed by atoms with Crippen molar-refractivity contribution in [1.29, 1.82) is 0 Å². The minimum absolute atomic E-state index is 0.365. The number of ether oxygens (including phenoxy) is 1. The molecule has 3 nitrogen and oxygen atoms in total. The molecule has 0 bridgehead atoms. The van der Waals surface area contributed by atoms with E-state index in [0.717, 1.165) is 0 Å². The van der Waals surface area contributed by atoms with Crippen LogP contribution in [-0.2, 0) is 9.53 Å². The normalized spacial score (nSPS) is 12.3. The van der Waals surface area contributed by atoms with E-state index in [1.54, 1.807) is 25.2 Å². The number of hydrogen-bond acceptors (Lipinski definition) is 3. The fraction of sp³-hybridized carbons (Fsp3) is 0.300. The highest BCUT2D eigenvalue weighted by Gasteiger charge is 2.22. The Balaban J connectivity index is 3.12. The molecule has 0 saturated heterocycles. The van der Waals surface area contributed by atoms with E-state index in [9.17, 15) is 4.79 Å². The Labute approximate surface area is 98.3 Å². The number of likely N-dealkylation sites (N-methyl/N-ethyl adjacent to an activating group) is 1. The third-order valence-corrected chi connectivity index (χ3v) is 2.85. The van der Waals surface area contributed by atoms with Gasteiger partial charge in [-0.05, 0) is 13.1 Å². The number of benzene rings is 1. The van der Waals surface area contributed by atoms with Crippen molar-refractivity contribution in [2.45, 2.75) is 6.04 Å². The van der Waals surface area contributed by atoms with E-state index in [4.69, 9.17) is 23.2 Å². The molecule has 0 unspecified atom stereocenters. The van der Waals surface area contributed by atoms with Crippen LogP contribution in [0, 0.1) is 0 Å². The van der Waals surface area contributed by atoms with E-state index in [-0.39, 0.29) is 0 Å². The van der Waals surface area contributed by atoms with Gasteiger partial charge < -0.3 is 10.1 Å². The maximum absolute atomic E-state index is 11.4. The predicted molar refractivity (Wildman–Crippen MR) is 60.3 cm³/mol. The molecular formula is C10H11Cl2NO2. The Hall–Kier alpha value is -0.770. The number of hydrogen-bond donors (Lipinski definition) is 1. The number of carbonyl (C=O) groups is 1. The summed E-state index contributed by atoms with van der Waals surface area (Å²) in [5.74, 6) is -0.401. The zero-order valence-electron chi connectivity index (χ0n) is 8.38. The molecule has 0 saturated carbocycles.